The van der Waals surface area contributed by atoms with Gasteiger partial charge in [-0.05, 0) is 48.1 Å². The minimum absolute atomic E-state index is 0.0578. The number of amides is 1. The van der Waals surface area contributed by atoms with Gasteiger partial charge in [0.1, 0.15) is 0 Å². The van der Waals surface area contributed by atoms with Crippen molar-refractivity contribution in [2.24, 2.45) is 0 Å². The fourth-order valence-corrected chi connectivity index (χ4v) is 4.11. The highest BCUT2D eigenvalue weighted by atomic mass is 16.2. The number of fused-ring (bicyclic) bond motifs is 2. The topological polar surface area (TPSA) is 45.2 Å². The van der Waals surface area contributed by atoms with Gasteiger partial charge < -0.3 is 10.2 Å². The van der Waals surface area contributed by atoms with Gasteiger partial charge in [-0.25, -0.2) is 0 Å². The van der Waals surface area contributed by atoms with Crippen LogP contribution < -0.4 is 5.32 Å². The van der Waals surface area contributed by atoms with Gasteiger partial charge in [0.25, 0.3) is 0 Å². The monoisotopic (exact) mass is 321 g/mol. The molecular formula is C20H23N3O. The zero-order chi connectivity index (χ0) is 16.4. The third kappa shape index (κ3) is 2.82. The molecule has 0 aliphatic carbocycles. The third-order valence-corrected chi connectivity index (χ3v) is 5.47. The Morgan fingerprint density at radius 3 is 2.67 bits per heavy atom. The van der Waals surface area contributed by atoms with Gasteiger partial charge in [0.2, 0.25) is 5.91 Å². The molecule has 1 aromatic carbocycles. The Hall–Kier alpha value is -2.20. The smallest absolute Gasteiger partial charge is 0.226 e. The molecule has 4 rings (SSSR count). The summed E-state index contributed by atoms with van der Waals surface area (Å²) in [6.45, 7) is 2.68. The minimum atomic E-state index is 0.0578. The highest BCUT2D eigenvalue weighted by Gasteiger charge is 2.39. The Balaban J connectivity index is 1.45. The van der Waals surface area contributed by atoms with Crippen LogP contribution in [0.4, 0.5) is 0 Å². The fourth-order valence-electron chi connectivity index (χ4n) is 4.11. The van der Waals surface area contributed by atoms with Gasteiger partial charge in [-0.3, -0.25) is 9.78 Å². The molecular weight excluding hydrogens is 298 g/mol. The number of benzene rings is 1. The Kier molecular flexibility index (Phi) is 4.07. The quantitative estimate of drug-likeness (QED) is 0.923. The molecule has 1 fully saturated rings. The van der Waals surface area contributed by atoms with Gasteiger partial charge in [-0.1, -0.05) is 24.3 Å². The predicted molar refractivity (Wildman–Crippen MR) is 93.6 cm³/mol. The average molecular weight is 321 g/mol. The number of piperidine rings is 1. The summed E-state index contributed by atoms with van der Waals surface area (Å²) in [5, 5.41) is 3.75. The van der Waals surface area contributed by atoms with Crippen molar-refractivity contribution in [3.05, 3.63) is 65.5 Å². The highest BCUT2D eigenvalue weighted by molar-refractivity contribution is 5.78. The lowest BCUT2D eigenvalue weighted by atomic mass is 9.76. The molecule has 124 valence electrons. The molecule has 0 unspecified atom stereocenters. The molecule has 2 aliphatic rings. The third-order valence-electron chi connectivity index (χ3n) is 5.47. The Bertz CT molecular complexity index is 721. The first kappa shape index (κ1) is 15.3. The maximum Gasteiger partial charge on any atom is 0.226 e. The molecule has 0 radical (unpaired) electrons. The summed E-state index contributed by atoms with van der Waals surface area (Å²) in [5.74, 6) is 0.222. The second-order valence-electron chi connectivity index (χ2n) is 6.83. The number of likely N-dealkylation sites (tertiary alicyclic amines) is 1. The van der Waals surface area contributed by atoms with Crippen LogP contribution in [0.3, 0.4) is 0 Å². The molecule has 2 aromatic rings. The molecule has 1 saturated heterocycles. The van der Waals surface area contributed by atoms with Gasteiger partial charge in [-0.15, -0.1) is 0 Å². The number of pyridine rings is 1. The van der Waals surface area contributed by atoms with Gasteiger partial charge in [-0.2, -0.15) is 0 Å². The second kappa shape index (κ2) is 6.36. The van der Waals surface area contributed by atoms with Gasteiger partial charge >= 0.3 is 0 Å². The zero-order valence-corrected chi connectivity index (χ0v) is 13.9. The van der Waals surface area contributed by atoms with E-state index in [1.165, 1.54) is 11.1 Å². The Labute approximate surface area is 142 Å². The van der Waals surface area contributed by atoms with Crippen LogP contribution in [0, 0.1) is 0 Å². The molecule has 4 nitrogen and oxygen atoms in total. The SMILES string of the molecule is O=C(Cc1ccncc1)N1CCC2(CC1)NCCc1ccccc12. The average Bonchev–Trinajstić information content (AvgIpc) is 2.64. The van der Waals surface area contributed by atoms with E-state index in [0.29, 0.717) is 6.42 Å². The lowest BCUT2D eigenvalue weighted by Crippen LogP contribution is -2.55. The van der Waals surface area contributed by atoms with E-state index < -0.39 is 0 Å². The van der Waals surface area contributed by atoms with Crippen molar-refractivity contribution in [2.45, 2.75) is 31.2 Å². The van der Waals surface area contributed by atoms with Gasteiger partial charge in [0.15, 0.2) is 0 Å². The van der Waals surface area contributed by atoms with E-state index in [0.717, 1.165) is 44.5 Å². The van der Waals surface area contributed by atoms with Crippen molar-refractivity contribution < 1.29 is 4.79 Å². The summed E-state index contributed by atoms with van der Waals surface area (Å²) < 4.78 is 0. The van der Waals surface area contributed by atoms with Crippen LogP contribution in [0.25, 0.3) is 0 Å². The summed E-state index contributed by atoms with van der Waals surface area (Å²) in [7, 11) is 0. The number of nitrogens with zero attached hydrogens (tertiary/aromatic N) is 2. The van der Waals surface area contributed by atoms with Crippen LogP contribution in [0.5, 0.6) is 0 Å². The predicted octanol–water partition coefficient (Wildman–Crippen LogP) is 2.29. The maximum atomic E-state index is 12.6. The largest absolute Gasteiger partial charge is 0.342 e. The van der Waals surface area contributed by atoms with E-state index in [4.69, 9.17) is 0 Å². The molecule has 1 amide bonds. The van der Waals surface area contributed by atoms with Crippen molar-refractivity contribution in [2.75, 3.05) is 19.6 Å². The maximum absolute atomic E-state index is 12.6. The van der Waals surface area contributed by atoms with Crippen LogP contribution in [0.1, 0.15) is 29.5 Å². The number of rotatable bonds is 2. The summed E-state index contributed by atoms with van der Waals surface area (Å²) in [5.41, 5.74) is 4.00. The Morgan fingerprint density at radius 2 is 1.88 bits per heavy atom. The van der Waals surface area contributed by atoms with Crippen molar-refractivity contribution >= 4 is 5.91 Å². The molecule has 4 heteroatoms. The molecule has 0 atom stereocenters. The minimum Gasteiger partial charge on any atom is -0.342 e. The van der Waals surface area contributed by atoms with E-state index in [1.807, 2.05) is 17.0 Å². The van der Waals surface area contributed by atoms with Crippen LogP contribution >= 0.6 is 0 Å². The number of carbonyl (C=O) groups excluding carboxylic acids is 1. The fraction of sp³-hybridized carbons (Fsp3) is 0.400. The highest BCUT2D eigenvalue weighted by Crippen LogP contribution is 2.37. The second-order valence-corrected chi connectivity index (χ2v) is 6.83. The lowest BCUT2D eigenvalue weighted by Gasteiger charge is -2.46. The van der Waals surface area contributed by atoms with E-state index in [9.17, 15) is 4.79 Å². The van der Waals surface area contributed by atoms with Gasteiger partial charge in [0.05, 0.1) is 6.42 Å². The first-order valence-electron chi connectivity index (χ1n) is 8.77. The van der Waals surface area contributed by atoms with Crippen LogP contribution in [0.2, 0.25) is 0 Å². The van der Waals surface area contributed by atoms with Crippen LogP contribution in [0.15, 0.2) is 48.8 Å². The summed E-state index contributed by atoms with van der Waals surface area (Å²) >= 11 is 0. The number of hydrogen-bond donors (Lipinski definition) is 1. The molecule has 0 bridgehead atoms. The zero-order valence-electron chi connectivity index (χ0n) is 13.9. The number of hydrogen-bond acceptors (Lipinski definition) is 3. The molecule has 1 aromatic heterocycles. The molecule has 1 spiro atoms. The molecule has 1 N–H and O–H groups in total. The Morgan fingerprint density at radius 1 is 1.12 bits per heavy atom. The number of nitrogens with one attached hydrogen (secondary N) is 1. The standard InChI is InChI=1S/C20H23N3O/c24-19(15-16-5-10-21-11-6-16)23-13-8-20(9-14-23)18-4-2-1-3-17(18)7-12-22-20/h1-6,10-11,22H,7-9,12-15H2. The number of aromatic nitrogens is 1. The normalized spacial score (nSPS) is 19.1. The van der Waals surface area contributed by atoms with E-state index >= 15 is 0 Å². The molecule has 3 heterocycles. The molecule has 2 aliphatic heterocycles. The van der Waals surface area contributed by atoms with E-state index in [2.05, 4.69) is 34.6 Å². The molecule has 0 saturated carbocycles. The van der Waals surface area contributed by atoms with Crippen molar-refractivity contribution in [1.82, 2.24) is 15.2 Å². The summed E-state index contributed by atoms with van der Waals surface area (Å²) in [6.07, 6.45) is 7.05. The van der Waals surface area contributed by atoms with Crippen molar-refractivity contribution in [3.8, 4) is 0 Å². The van der Waals surface area contributed by atoms with E-state index in [1.54, 1.807) is 12.4 Å². The number of carbonyl (C=O) groups is 1. The van der Waals surface area contributed by atoms with Crippen molar-refractivity contribution in [1.29, 1.82) is 0 Å². The van der Waals surface area contributed by atoms with Crippen molar-refractivity contribution in [3.63, 3.8) is 0 Å². The summed E-state index contributed by atoms with van der Waals surface area (Å²) in [6, 6.07) is 12.6. The first-order valence-corrected chi connectivity index (χ1v) is 8.77. The lowest BCUT2D eigenvalue weighted by molar-refractivity contribution is -0.132. The first-order chi connectivity index (χ1) is 11.8. The van der Waals surface area contributed by atoms with Crippen LogP contribution in [-0.2, 0) is 23.2 Å². The van der Waals surface area contributed by atoms with E-state index in [-0.39, 0.29) is 11.4 Å². The van der Waals surface area contributed by atoms with Crippen LogP contribution in [-0.4, -0.2) is 35.4 Å². The molecule has 24 heavy (non-hydrogen) atoms. The van der Waals surface area contributed by atoms with Gasteiger partial charge in [0, 0.05) is 37.6 Å². The summed E-state index contributed by atoms with van der Waals surface area (Å²) in [4.78, 5) is 18.6.